The van der Waals surface area contributed by atoms with E-state index in [-0.39, 0.29) is 5.91 Å². The van der Waals surface area contributed by atoms with Gasteiger partial charge in [-0.1, -0.05) is 0 Å². The SMILES string of the molecule is CC1(O)CCCN(c2cc3c(cc2Br)C(O)C(=O)N3)CC1. The molecule has 2 aliphatic heterocycles. The van der Waals surface area contributed by atoms with Crippen LogP contribution in [0.25, 0.3) is 0 Å². The maximum Gasteiger partial charge on any atom is 0.257 e. The number of aliphatic hydroxyl groups excluding tert-OH is 1. The third-order valence-corrected chi connectivity index (χ3v) is 4.96. The van der Waals surface area contributed by atoms with Gasteiger partial charge >= 0.3 is 0 Å². The highest BCUT2D eigenvalue weighted by Crippen LogP contribution is 2.40. The molecule has 1 fully saturated rings. The van der Waals surface area contributed by atoms with Crippen molar-refractivity contribution in [3.05, 3.63) is 22.2 Å². The summed E-state index contributed by atoms with van der Waals surface area (Å²) in [6.07, 6.45) is 1.34. The molecular weight excluding hydrogens is 336 g/mol. The number of aliphatic hydroxyl groups is 2. The van der Waals surface area contributed by atoms with E-state index in [1.165, 1.54) is 0 Å². The van der Waals surface area contributed by atoms with Gasteiger partial charge in [0.1, 0.15) is 0 Å². The number of benzene rings is 1. The zero-order valence-electron chi connectivity index (χ0n) is 11.9. The van der Waals surface area contributed by atoms with Gasteiger partial charge in [-0.3, -0.25) is 4.79 Å². The van der Waals surface area contributed by atoms with Crippen molar-refractivity contribution >= 4 is 33.2 Å². The van der Waals surface area contributed by atoms with Crippen molar-refractivity contribution in [2.24, 2.45) is 0 Å². The molecule has 1 aromatic rings. The van der Waals surface area contributed by atoms with Gasteiger partial charge in [0.2, 0.25) is 0 Å². The molecule has 0 bridgehead atoms. The molecule has 2 atom stereocenters. The zero-order valence-corrected chi connectivity index (χ0v) is 13.5. The quantitative estimate of drug-likeness (QED) is 0.722. The first-order valence-electron chi connectivity index (χ1n) is 7.17. The van der Waals surface area contributed by atoms with Gasteiger partial charge in [0, 0.05) is 28.8 Å². The molecular formula is C15H19BrN2O3. The van der Waals surface area contributed by atoms with Crippen LogP contribution in [0.2, 0.25) is 0 Å². The highest BCUT2D eigenvalue weighted by atomic mass is 79.9. The fraction of sp³-hybridized carbons (Fsp3) is 0.533. The first kappa shape index (κ1) is 14.8. The van der Waals surface area contributed by atoms with E-state index in [9.17, 15) is 15.0 Å². The van der Waals surface area contributed by atoms with Crippen molar-refractivity contribution in [3.8, 4) is 0 Å². The molecule has 3 rings (SSSR count). The molecule has 3 N–H and O–H groups in total. The molecule has 2 heterocycles. The van der Waals surface area contributed by atoms with Crippen LogP contribution in [0.4, 0.5) is 11.4 Å². The van der Waals surface area contributed by atoms with Crippen LogP contribution in [0.5, 0.6) is 0 Å². The summed E-state index contributed by atoms with van der Waals surface area (Å²) in [6.45, 7) is 3.51. The van der Waals surface area contributed by atoms with E-state index < -0.39 is 11.7 Å². The smallest absolute Gasteiger partial charge is 0.257 e. The van der Waals surface area contributed by atoms with Gasteiger partial charge in [0.25, 0.3) is 5.91 Å². The Morgan fingerprint density at radius 2 is 2.14 bits per heavy atom. The number of fused-ring (bicyclic) bond motifs is 1. The topological polar surface area (TPSA) is 72.8 Å². The summed E-state index contributed by atoms with van der Waals surface area (Å²) in [6, 6.07) is 3.70. The lowest BCUT2D eigenvalue weighted by molar-refractivity contribution is -0.123. The van der Waals surface area contributed by atoms with Crippen molar-refractivity contribution in [1.82, 2.24) is 0 Å². The second-order valence-electron chi connectivity index (χ2n) is 6.12. The number of anilines is 2. The molecule has 2 aliphatic rings. The third kappa shape index (κ3) is 2.80. The highest BCUT2D eigenvalue weighted by Gasteiger charge is 2.31. The van der Waals surface area contributed by atoms with Gasteiger partial charge in [0.05, 0.1) is 11.3 Å². The van der Waals surface area contributed by atoms with E-state index >= 15 is 0 Å². The van der Waals surface area contributed by atoms with Gasteiger partial charge in [-0.2, -0.15) is 0 Å². The maximum absolute atomic E-state index is 11.5. The van der Waals surface area contributed by atoms with E-state index in [0.717, 1.165) is 36.1 Å². The van der Waals surface area contributed by atoms with Gasteiger partial charge in [-0.25, -0.2) is 0 Å². The van der Waals surface area contributed by atoms with Crippen molar-refractivity contribution in [1.29, 1.82) is 0 Å². The van der Waals surface area contributed by atoms with Crippen LogP contribution < -0.4 is 10.2 Å². The minimum absolute atomic E-state index is 0.382. The number of nitrogens with one attached hydrogen (secondary N) is 1. The normalized spacial score (nSPS) is 29.0. The van der Waals surface area contributed by atoms with Crippen molar-refractivity contribution in [3.63, 3.8) is 0 Å². The highest BCUT2D eigenvalue weighted by molar-refractivity contribution is 9.10. The summed E-state index contributed by atoms with van der Waals surface area (Å²) >= 11 is 3.53. The van der Waals surface area contributed by atoms with Crippen LogP contribution in [-0.2, 0) is 4.79 Å². The number of hydrogen-bond donors (Lipinski definition) is 3. The summed E-state index contributed by atoms with van der Waals surface area (Å²) in [4.78, 5) is 13.8. The zero-order chi connectivity index (χ0) is 15.2. The van der Waals surface area contributed by atoms with Crippen LogP contribution in [0.1, 0.15) is 37.9 Å². The summed E-state index contributed by atoms with van der Waals surface area (Å²) in [5.74, 6) is -0.382. The molecule has 0 spiro atoms. The Balaban J connectivity index is 1.90. The van der Waals surface area contributed by atoms with Crippen molar-refractivity contribution < 1.29 is 15.0 Å². The molecule has 1 aromatic carbocycles. The fourth-order valence-corrected chi connectivity index (χ4v) is 3.61. The monoisotopic (exact) mass is 354 g/mol. The van der Waals surface area contributed by atoms with Crippen LogP contribution in [0, 0.1) is 0 Å². The standard InChI is InChI=1S/C15H19BrN2O3/c1-15(21)3-2-5-18(6-4-15)12-8-11-9(7-10(12)16)13(19)14(20)17-11/h7-8,13,19,21H,2-6H2,1H3,(H,17,20). The predicted molar refractivity (Wildman–Crippen MR) is 84.4 cm³/mol. The molecule has 21 heavy (non-hydrogen) atoms. The molecule has 1 amide bonds. The largest absolute Gasteiger partial charge is 0.390 e. The van der Waals surface area contributed by atoms with E-state index in [0.29, 0.717) is 17.7 Å². The number of amides is 1. The van der Waals surface area contributed by atoms with Crippen molar-refractivity contribution in [2.45, 2.75) is 37.9 Å². The Morgan fingerprint density at radius 3 is 2.90 bits per heavy atom. The fourth-order valence-electron chi connectivity index (χ4n) is 3.00. The van der Waals surface area contributed by atoms with Gasteiger partial charge in [0.15, 0.2) is 6.10 Å². The van der Waals surface area contributed by atoms with Gasteiger partial charge in [-0.15, -0.1) is 0 Å². The maximum atomic E-state index is 11.5. The van der Waals surface area contributed by atoms with Gasteiger partial charge < -0.3 is 20.4 Å². The Bertz CT molecular complexity index is 589. The van der Waals surface area contributed by atoms with Crippen LogP contribution in [-0.4, -0.2) is 34.8 Å². The molecule has 1 saturated heterocycles. The number of nitrogens with zero attached hydrogens (tertiary/aromatic N) is 1. The Kier molecular flexibility index (Phi) is 3.71. The molecule has 5 nitrogen and oxygen atoms in total. The minimum Gasteiger partial charge on any atom is -0.390 e. The van der Waals surface area contributed by atoms with Crippen LogP contribution in [0.3, 0.4) is 0 Å². The van der Waals surface area contributed by atoms with Crippen LogP contribution >= 0.6 is 15.9 Å². The average molecular weight is 355 g/mol. The Labute approximate surface area is 132 Å². The van der Waals surface area contributed by atoms with E-state index in [1.54, 1.807) is 6.07 Å². The molecule has 0 saturated carbocycles. The first-order valence-corrected chi connectivity index (χ1v) is 7.96. The second-order valence-corrected chi connectivity index (χ2v) is 6.97. The molecule has 6 heteroatoms. The van der Waals surface area contributed by atoms with Crippen LogP contribution in [0.15, 0.2) is 16.6 Å². The number of halogens is 1. The van der Waals surface area contributed by atoms with Gasteiger partial charge in [-0.05, 0) is 54.2 Å². The number of carbonyl (C=O) groups excluding carboxylic acids is 1. The number of rotatable bonds is 1. The van der Waals surface area contributed by atoms with Crippen molar-refractivity contribution in [2.75, 3.05) is 23.3 Å². The molecule has 2 unspecified atom stereocenters. The minimum atomic E-state index is -1.09. The molecule has 0 aliphatic carbocycles. The number of hydrogen-bond acceptors (Lipinski definition) is 4. The Hall–Kier alpha value is -1.11. The lowest BCUT2D eigenvalue weighted by Crippen LogP contribution is -2.28. The molecule has 114 valence electrons. The number of carbonyl (C=O) groups is 1. The molecule has 0 aromatic heterocycles. The third-order valence-electron chi connectivity index (χ3n) is 4.32. The first-order chi connectivity index (χ1) is 9.87. The average Bonchev–Trinajstić information content (AvgIpc) is 2.59. The summed E-state index contributed by atoms with van der Waals surface area (Å²) < 4.78 is 0.860. The summed E-state index contributed by atoms with van der Waals surface area (Å²) in [7, 11) is 0. The lowest BCUT2D eigenvalue weighted by atomic mass is 9.98. The van der Waals surface area contributed by atoms with E-state index in [4.69, 9.17) is 0 Å². The lowest BCUT2D eigenvalue weighted by Gasteiger charge is -2.26. The summed E-state index contributed by atoms with van der Waals surface area (Å²) in [5, 5.41) is 22.7. The predicted octanol–water partition coefficient (Wildman–Crippen LogP) is 2.18. The van der Waals surface area contributed by atoms with E-state index in [1.807, 2.05) is 13.0 Å². The second kappa shape index (κ2) is 5.26. The summed E-state index contributed by atoms with van der Waals surface area (Å²) in [5.41, 5.74) is 1.66. The van der Waals surface area contributed by atoms with E-state index in [2.05, 4.69) is 26.1 Å². The Morgan fingerprint density at radius 1 is 1.38 bits per heavy atom. The molecule has 0 radical (unpaired) electrons.